The smallest absolute Gasteiger partial charge is 0.411 e. The van der Waals surface area contributed by atoms with Gasteiger partial charge in [0.25, 0.3) is 0 Å². The molecule has 3 heterocycles. The van der Waals surface area contributed by atoms with Gasteiger partial charge in [0.15, 0.2) is 0 Å². The number of carbonyl (C=O) groups excluding carboxylic acids is 1. The minimum atomic E-state index is -0.501. The lowest BCUT2D eigenvalue weighted by atomic mass is 10.2. The van der Waals surface area contributed by atoms with E-state index in [0.29, 0.717) is 11.7 Å². The van der Waals surface area contributed by atoms with Crippen molar-refractivity contribution in [3.8, 4) is 11.8 Å². The molecule has 0 N–H and O–H groups in total. The van der Waals surface area contributed by atoms with Gasteiger partial charge in [-0.15, -0.1) is 11.3 Å². The normalized spacial score (nSPS) is 17.7. The Bertz CT molecular complexity index is 832. The second kappa shape index (κ2) is 6.58. The van der Waals surface area contributed by atoms with Crippen molar-refractivity contribution in [1.82, 2.24) is 14.9 Å². The molecule has 2 aromatic heterocycles. The molecule has 0 aliphatic carbocycles. The molecule has 1 fully saturated rings. The lowest BCUT2D eigenvalue weighted by molar-refractivity contribution is 0.0261. The van der Waals surface area contributed by atoms with Crippen molar-refractivity contribution < 1.29 is 9.53 Å². The van der Waals surface area contributed by atoms with E-state index >= 15 is 0 Å². The molecule has 5 nitrogen and oxygen atoms in total. The number of thiophene rings is 1. The summed E-state index contributed by atoms with van der Waals surface area (Å²) in [6.45, 7) is 6.27. The molecule has 1 amide bonds. The summed E-state index contributed by atoms with van der Waals surface area (Å²) in [5.74, 6) is 6.33. The lowest BCUT2D eigenvalue weighted by Crippen LogP contribution is -2.39. The summed E-state index contributed by atoms with van der Waals surface area (Å²) in [5, 5.41) is 1.24. The molecule has 0 aromatic carbocycles. The number of hydrogen-bond donors (Lipinski definition) is 0. The maximum Gasteiger partial charge on any atom is 0.411 e. The molecule has 0 spiro atoms. The number of aromatic nitrogens is 2. The highest BCUT2D eigenvalue weighted by molar-refractivity contribution is 7.19. The van der Waals surface area contributed by atoms with Crippen molar-refractivity contribution in [3.63, 3.8) is 0 Å². The summed E-state index contributed by atoms with van der Waals surface area (Å²) >= 11 is 7.53. The highest BCUT2D eigenvalue weighted by Crippen LogP contribution is 2.27. The van der Waals surface area contributed by atoms with Crippen LogP contribution in [-0.4, -0.2) is 39.1 Å². The van der Waals surface area contributed by atoms with Gasteiger partial charge in [0.1, 0.15) is 21.9 Å². The van der Waals surface area contributed by atoms with Crippen LogP contribution < -0.4 is 0 Å². The van der Waals surface area contributed by atoms with E-state index in [1.807, 2.05) is 26.8 Å². The zero-order chi connectivity index (χ0) is 17.3. The number of amides is 1. The lowest BCUT2D eigenvalue weighted by Gasteiger charge is -2.26. The Labute approximate surface area is 150 Å². The van der Waals surface area contributed by atoms with Gasteiger partial charge in [0, 0.05) is 6.54 Å². The summed E-state index contributed by atoms with van der Waals surface area (Å²) in [7, 11) is 0. The molecule has 0 saturated carbocycles. The van der Waals surface area contributed by atoms with Crippen LogP contribution in [0.3, 0.4) is 0 Å². The summed E-state index contributed by atoms with van der Waals surface area (Å²) in [6.07, 6.45) is 2.93. The third kappa shape index (κ3) is 3.80. The van der Waals surface area contributed by atoms with Gasteiger partial charge in [-0.05, 0) is 39.7 Å². The minimum absolute atomic E-state index is 0.119. The molecule has 7 heteroatoms. The maximum atomic E-state index is 12.3. The Morgan fingerprint density at radius 3 is 2.96 bits per heavy atom. The molecule has 126 valence electrons. The van der Waals surface area contributed by atoms with Gasteiger partial charge in [-0.3, -0.25) is 4.90 Å². The molecule has 1 saturated heterocycles. The summed E-state index contributed by atoms with van der Waals surface area (Å²) in [6, 6.07) is 1.77. The zero-order valence-corrected chi connectivity index (χ0v) is 15.4. The second-order valence-electron chi connectivity index (χ2n) is 6.60. The highest BCUT2D eigenvalue weighted by atomic mass is 35.5. The van der Waals surface area contributed by atoms with Crippen molar-refractivity contribution in [2.24, 2.45) is 0 Å². The Kier molecular flexibility index (Phi) is 4.66. The molecule has 1 aliphatic heterocycles. The van der Waals surface area contributed by atoms with Crippen LogP contribution >= 0.6 is 22.9 Å². The third-order valence-electron chi connectivity index (χ3n) is 3.52. The van der Waals surface area contributed by atoms with Crippen LogP contribution in [0.1, 0.15) is 38.5 Å². The number of ether oxygens (including phenoxy) is 1. The summed E-state index contributed by atoms with van der Waals surface area (Å²) in [5.41, 5.74) is -0.501. The van der Waals surface area contributed by atoms with Crippen LogP contribution in [0.5, 0.6) is 0 Å². The van der Waals surface area contributed by atoms with E-state index in [-0.39, 0.29) is 12.1 Å². The molecular formula is C17H18ClN3O2S. The van der Waals surface area contributed by atoms with Crippen LogP contribution in [0.15, 0.2) is 12.4 Å². The van der Waals surface area contributed by atoms with E-state index in [9.17, 15) is 4.79 Å². The molecule has 24 heavy (non-hydrogen) atoms. The number of carbonyl (C=O) groups is 1. The Hall–Kier alpha value is -1.84. The van der Waals surface area contributed by atoms with Crippen molar-refractivity contribution in [1.29, 1.82) is 0 Å². The maximum absolute atomic E-state index is 12.3. The fraction of sp³-hybridized carbons (Fsp3) is 0.471. The standard InChI is InChI=1S/C17H18ClN3O2S/c1-17(2,3)23-16(22)21-8-4-5-11(21)6-7-12-9-13-14(18)19-10-20-15(13)24-12/h9-11H,4-5,8H2,1-3H3. The van der Waals surface area contributed by atoms with Gasteiger partial charge in [-0.1, -0.05) is 23.4 Å². The van der Waals surface area contributed by atoms with Gasteiger partial charge in [0.2, 0.25) is 0 Å². The molecule has 3 rings (SSSR count). The minimum Gasteiger partial charge on any atom is -0.444 e. The van der Waals surface area contributed by atoms with Gasteiger partial charge in [0.05, 0.1) is 16.3 Å². The molecule has 0 bridgehead atoms. The Morgan fingerprint density at radius 2 is 2.25 bits per heavy atom. The third-order valence-corrected chi connectivity index (χ3v) is 4.78. The monoisotopic (exact) mass is 363 g/mol. The molecule has 1 aliphatic rings. The zero-order valence-electron chi connectivity index (χ0n) is 13.8. The van der Waals surface area contributed by atoms with Gasteiger partial charge in [-0.2, -0.15) is 0 Å². The van der Waals surface area contributed by atoms with E-state index < -0.39 is 5.60 Å². The SMILES string of the molecule is CC(C)(C)OC(=O)N1CCCC1C#Cc1cc2c(Cl)ncnc2s1. The van der Waals surface area contributed by atoms with E-state index in [2.05, 4.69) is 21.8 Å². The number of fused-ring (bicyclic) bond motifs is 1. The quantitative estimate of drug-likeness (QED) is 0.522. The Morgan fingerprint density at radius 1 is 1.46 bits per heavy atom. The predicted molar refractivity (Wildman–Crippen MR) is 95.3 cm³/mol. The fourth-order valence-corrected chi connectivity index (χ4v) is 3.60. The van der Waals surface area contributed by atoms with Gasteiger partial charge >= 0.3 is 6.09 Å². The van der Waals surface area contributed by atoms with Crippen LogP contribution in [0.2, 0.25) is 5.15 Å². The van der Waals surface area contributed by atoms with E-state index in [4.69, 9.17) is 16.3 Å². The van der Waals surface area contributed by atoms with E-state index in [1.165, 1.54) is 17.7 Å². The van der Waals surface area contributed by atoms with Crippen LogP contribution in [0.25, 0.3) is 10.2 Å². The van der Waals surface area contributed by atoms with Crippen LogP contribution in [0, 0.1) is 11.8 Å². The average Bonchev–Trinajstić information content (AvgIpc) is 3.10. The molecule has 1 unspecified atom stereocenters. The molecular weight excluding hydrogens is 346 g/mol. The summed E-state index contributed by atoms with van der Waals surface area (Å²) in [4.78, 5) is 23.8. The topological polar surface area (TPSA) is 55.3 Å². The fourth-order valence-electron chi connectivity index (χ4n) is 2.50. The first-order valence-corrected chi connectivity index (χ1v) is 8.94. The predicted octanol–water partition coefficient (Wildman–Crippen LogP) is 4.10. The first-order valence-electron chi connectivity index (χ1n) is 7.75. The van der Waals surface area contributed by atoms with Crippen molar-refractivity contribution in [2.75, 3.05) is 6.54 Å². The number of hydrogen-bond acceptors (Lipinski definition) is 5. The first-order chi connectivity index (χ1) is 11.3. The van der Waals surface area contributed by atoms with Crippen molar-refractivity contribution in [2.45, 2.75) is 45.3 Å². The highest BCUT2D eigenvalue weighted by Gasteiger charge is 2.31. The van der Waals surface area contributed by atoms with Crippen LogP contribution in [0.4, 0.5) is 4.79 Å². The number of halogens is 1. The molecule has 2 aromatic rings. The Balaban J connectivity index is 1.78. The number of rotatable bonds is 0. The average molecular weight is 364 g/mol. The van der Waals surface area contributed by atoms with E-state index in [0.717, 1.165) is 27.9 Å². The second-order valence-corrected chi connectivity index (χ2v) is 7.98. The van der Waals surface area contributed by atoms with Crippen molar-refractivity contribution >= 4 is 39.2 Å². The van der Waals surface area contributed by atoms with Gasteiger partial charge in [-0.25, -0.2) is 14.8 Å². The van der Waals surface area contributed by atoms with E-state index in [1.54, 1.807) is 4.90 Å². The largest absolute Gasteiger partial charge is 0.444 e. The first kappa shape index (κ1) is 17.0. The number of nitrogens with zero attached hydrogens (tertiary/aromatic N) is 3. The van der Waals surface area contributed by atoms with Crippen LogP contribution in [-0.2, 0) is 4.74 Å². The van der Waals surface area contributed by atoms with Gasteiger partial charge < -0.3 is 4.74 Å². The number of likely N-dealkylation sites (tertiary alicyclic amines) is 1. The molecule has 1 atom stereocenters. The van der Waals surface area contributed by atoms with Crippen molar-refractivity contribution in [3.05, 3.63) is 22.4 Å². The summed E-state index contributed by atoms with van der Waals surface area (Å²) < 4.78 is 5.45. The molecule has 0 radical (unpaired) electrons.